The number of carbonyl (C=O) groups excluding carboxylic acids is 1. The molecule has 3 unspecified atom stereocenters. The molecule has 0 N–H and O–H groups in total. The standard InChI is InChI=1S/C8H12O2/c9-5-6-1-2-8-7(6)3-4-10-8/h5-8H,1-4H2. The van der Waals surface area contributed by atoms with E-state index in [4.69, 9.17) is 4.74 Å². The number of hydrogen-bond donors (Lipinski definition) is 0. The summed E-state index contributed by atoms with van der Waals surface area (Å²) in [6.45, 7) is 0.875. The summed E-state index contributed by atoms with van der Waals surface area (Å²) < 4.78 is 5.45. The third-order valence-electron chi connectivity index (χ3n) is 2.77. The largest absolute Gasteiger partial charge is 0.378 e. The lowest BCUT2D eigenvalue weighted by atomic mass is 9.95. The molecule has 0 aromatic heterocycles. The van der Waals surface area contributed by atoms with E-state index in [0.717, 1.165) is 32.2 Å². The van der Waals surface area contributed by atoms with E-state index >= 15 is 0 Å². The molecule has 0 aromatic rings. The number of aldehydes is 1. The smallest absolute Gasteiger partial charge is 0.123 e. The Bertz CT molecular complexity index is 144. The summed E-state index contributed by atoms with van der Waals surface area (Å²) in [6, 6.07) is 0. The Morgan fingerprint density at radius 1 is 1.30 bits per heavy atom. The van der Waals surface area contributed by atoms with Crippen LogP contribution in [-0.4, -0.2) is 19.0 Å². The van der Waals surface area contributed by atoms with Crippen LogP contribution >= 0.6 is 0 Å². The molecule has 0 radical (unpaired) electrons. The average Bonchev–Trinajstić information content (AvgIpc) is 2.44. The van der Waals surface area contributed by atoms with Crippen LogP contribution in [-0.2, 0) is 9.53 Å². The molecule has 10 heavy (non-hydrogen) atoms. The van der Waals surface area contributed by atoms with Crippen LogP contribution < -0.4 is 0 Å². The normalized spacial score (nSPS) is 45.4. The Labute approximate surface area is 60.6 Å². The number of carbonyl (C=O) groups is 1. The van der Waals surface area contributed by atoms with Crippen molar-refractivity contribution in [1.82, 2.24) is 0 Å². The molecule has 0 bridgehead atoms. The third kappa shape index (κ3) is 0.788. The Morgan fingerprint density at radius 2 is 2.20 bits per heavy atom. The number of ether oxygens (including phenoxy) is 1. The van der Waals surface area contributed by atoms with Gasteiger partial charge in [0.05, 0.1) is 6.10 Å². The Morgan fingerprint density at radius 3 is 3.00 bits per heavy atom. The lowest BCUT2D eigenvalue weighted by Gasteiger charge is -2.09. The molecular weight excluding hydrogens is 128 g/mol. The van der Waals surface area contributed by atoms with Crippen molar-refractivity contribution in [3.05, 3.63) is 0 Å². The average molecular weight is 140 g/mol. The zero-order chi connectivity index (χ0) is 6.97. The molecule has 1 heterocycles. The van der Waals surface area contributed by atoms with Crippen molar-refractivity contribution in [2.75, 3.05) is 6.61 Å². The van der Waals surface area contributed by atoms with Crippen molar-refractivity contribution in [2.24, 2.45) is 11.8 Å². The summed E-state index contributed by atoms with van der Waals surface area (Å²) in [6.07, 6.45) is 4.80. The monoisotopic (exact) mass is 140 g/mol. The molecule has 3 atom stereocenters. The summed E-state index contributed by atoms with van der Waals surface area (Å²) in [5.74, 6) is 0.880. The van der Waals surface area contributed by atoms with Gasteiger partial charge in [0.25, 0.3) is 0 Å². The highest BCUT2D eigenvalue weighted by Gasteiger charge is 2.39. The van der Waals surface area contributed by atoms with Gasteiger partial charge in [-0.2, -0.15) is 0 Å². The fourth-order valence-corrected chi connectivity index (χ4v) is 2.19. The highest BCUT2D eigenvalue weighted by atomic mass is 16.5. The minimum atomic E-state index is 0.312. The first kappa shape index (κ1) is 6.35. The van der Waals surface area contributed by atoms with Gasteiger partial charge in [0, 0.05) is 12.5 Å². The maximum Gasteiger partial charge on any atom is 0.123 e. The lowest BCUT2D eigenvalue weighted by Crippen LogP contribution is -2.14. The Balaban J connectivity index is 2.07. The summed E-state index contributed by atoms with van der Waals surface area (Å²) in [5, 5.41) is 0. The van der Waals surface area contributed by atoms with E-state index in [9.17, 15) is 4.79 Å². The molecule has 0 spiro atoms. The number of hydrogen-bond acceptors (Lipinski definition) is 2. The maximum absolute atomic E-state index is 10.5. The topological polar surface area (TPSA) is 26.3 Å². The van der Waals surface area contributed by atoms with Crippen molar-refractivity contribution in [3.63, 3.8) is 0 Å². The van der Waals surface area contributed by atoms with E-state index in [1.54, 1.807) is 0 Å². The van der Waals surface area contributed by atoms with Crippen molar-refractivity contribution < 1.29 is 9.53 Å². The first-order valence-corrected chi connectivity index (χ1v) is 3.98. The molecule has 1 saturated carbocycles. The minimum Gasteiger partial charge on any atom is -0.378 e. The van der Waals surface area contributed by atoms with Crippen molar-refractivity contribution in [1.29, 1.82) is 0 Å². The van der Waals surface area contributed by atoms with Crippen LogP contribution in [0.4, 0.5) is 0 Å². The number of fused-ring (bicyclic) bond motifs is 1. The van der Waals surface area contributed by atoms with Gasteiger partial charge in [-0.15, -0.1) is 0 Å². The quantitative estimate of drug-likeness (QED) is 0.508. The van der Waals surface area contributed by atoms with E-state index < -0.39 is 0 Å². The first-order chi connectivity index (χ1) is 4.92. The van der Waals surface area contributed by atoms with E-state index in [-0.39, 0.29) is 0 Å². The molecule has 2 heteroatoms. The van der Waals surface area contributed by atoms with Crippen LogP contribution in [0.2, 0.25) is 0 Å². The molecule has 1 saturated heterocycles. The van der Waals surface area contributed by atoms with Gasteiger partial charge in [-0.3, -0.25) is 0 Å². The fourth-order valence-electron chi connectivity index (χ4n) is 2.19. The highest BCUT2D eigenvalue weighted by Crippen LogP contribution is 2.39. The van der Waals surface area contributed by atoms with Gasteiger partial charge in [0.2, 0.25) is 0 Å². The van der Waals surface area contributed by atoms with E-state index in [1.807, 2.05) is 0 Å². The predicted octanol–water partition coefficient (Wildman–Crippen LogP) is 1.00. The molecule has 2 aliphatic rings. The van der Waals surface area contributed by atoms with Crippen molar-refractivity contribution in [2.45, 2.75) is 25.4 Å². The fraction of sp³-hybridized carbons (Fsp3) is 0.875. The van der Waals surface area contributed by atoms with Crippen LogP contribution in [0.1, 0.15) is 19.3 Å². The predicted molar refractivity (Wildman–Crippen MR) is 36.6 cm³/mol. The summed E-state index contributed by atoms with van der Waals surface area (Å²) in [4.78, 5) is 10.5. The second-order valence-electron chi connectivity index (χ2n) is 3.24. The van der Waals surface area contributed by atoms with E-state index in [0.29, 0.717) is 17.9 Å². The van der Waals surface area contributed by atoms with Crippen LogP contribution in [0.5, 0.6) is 0 Å². The van der Waals surface area contributed by atoms with Crippen LogP contribution in [0.15, 0.2) is 0 Å². The number of rotatable bonds is 1. The minimum absolute atomic E-state index is 0.312. The van der Waals surface area contributed by atoms with Gasteiger partial charge in [-0.05, 0) is 25.2 Å². The molecular formula is C8H12O2. The molecule has 0 aromatic carbocycles. The van der Waals surface area contributed by atoms with Gasteiger partial charge >= 0.3 is 0 Å². The van der Waals surface area contributed by atoms with Gasteiger partial charge < -0.3 is 9.53 Å². The summed E-state index contributed by atoms with van der Waals surface area (Å²) in [5.41, 5.74) is 0. The van der Waals surface area contributed by atoms with Gasteiger partial charge in [-0.1, -0.05) is 0 Å². The molecule has 0 amide bonds. The Hall–Kier alpha value is -0.370. The molecule has 2 nitrogen and oxygen atoms in total. The maximum atomic E-state index is 10.5. The van der Waals surface area contributed by atoms with E-state index in [2.05, 4.69) is 0 Å². The Kier molecular flexibility index (Phi) is 1.49. The summed E-state index contributed by atoms with van der Waals surface area (Å²) >= 11 is 0. The van der Waals surface area contributed by atoms with Crippen molar-refractivity contribution in [3.8, 4) is 0 Å². The molecule has 2 fully saturated rings. The first-order valence-electron chi connectivity index (χ1n) is 3.98. The van der Waals surface area contributed by atoms with Crippen LogP contribution in [0.25, 0.3) is 0 Å². The second-order valence-corrected chi connectivity index (χ2v) is 3.24. The third-order valence-corrected chi connectivity index (χ3v) is 2.77. The summed E-state index contributed by atoms with van der Waals surface area (Å²) in [7, 11) is 0. The zero-order valence-electron chi connectivity index (χ0n) is 5.95. The van der Waals surface area contributed by atoms with Gasteiger partial charge in [0.1, 0.15) is 6.29 Å². The highest BCUT2D eigenvalue weighted by molar-refractivity contribution is 5.55. The SMILES string of the molecule is O=CC1CCC2OCCC12. The molecule has 1 aliphatic heterocycles. The van der Waals surface area contributed by atoms with Crippen LogP contribution in [0, 0.1) is 11.8 Å². The zero-order valence-corrected chi connectivity index (χ0v) is 5.95. The van der Waals surface area contributed by atoms with E-state index in [1.165, 1.54) is 0 Å². The molecule has 1 aliphatic carbocycles. The van der Waals surface area contributed by atoms with Gasteiger partial charge in [-0.25, -0.2) is 0 Å². The lowest BCUT2D eigenvalue weighted by molar-refractivity contribution is -0.112. The van der Waals surface area contributed by atoms with Crippen molar-refractivity contribution >= 4 is 6.29 Å². The second kappa shape index (κ2) is 2.35. The van der Waals surface area contributed by atoms with Crippen LogP contribution in [0.3, 0.4) is 0 Å². The molecule has 2 rings (SSSR count). The van der Waals surface area contributed by atoms with Gasteiger partial charge in [0.15, 0.2) is 0 Å². The molecule has 56 valence electrons.